The van der Waals surface area contributed by atoms with Gasteiger partial charge in [0.25, 0.3) is 0 Å². The lowest BCUT2D eigenvalue weighted by molar-refractivity contribution is -0.147. The molecule has 0 aromatic carbocycles. The molecule has 0 radical (unpaired) electrons. The van der Waals surface area contributed by atoms with Crippen molar-refractivity contribution in [3.63, 3.8) is 0 Å². The van der Waals surface area contributed by atoms with Crippen molar-refractivity contribution in [3.8, 4) is 0 Å². The van der Waals surface area contributed by atoms with E-state index in [0.717, 1.165) is 6.54 Å². The maximum atomic E-state index is 11.6. The van der Waals surface area contributed by atoms with E-state index >= 15 is 0 Å². The van der Waals surface area contributed by atoms with Crippen LogP contribution in [0, 0.1) is 0 Å². The third-order valence-corrected chi connectivity index (χ3v) is 2.99. The van der Waals surface area contributed by atoms with Gasteiger partial charge in [-0.05, 0) is 41.0 Å². The molecule has 0 fully saturated rings. The van der Waals surface area contributed by atoms with E-state index in [9.17, 15) is 9.59 Å². The molecule has 7 nitrogen and oxygen atoms in total. The zero-order valence-corrected chi connectivity index (χ0v) is 16.5. The Balaban J connectivity index is 3.34. The summed E-state index contributed by atoms with van der Waals surface area (Å²) in [7, 11) is 0. The fourth-order valence-electron chi connectivity index (χ4n) is 1.89. The van der Waals surface area contributed by atoms with E-state index in [1.165, 1.54) is 0 Å². The van der Waals surface area contributed by atoms with Crippen LogP contribution < -0.4 is 10.6 Å². The number of esters is 1. The maximum Gasteiger partial charge on any atom is 0.306 e. The molecular formula is C18H36N2O5. The molecule has 0 aromatic heterocycles. The Labute approximate surface area is 152 Å². The predicted molar refractivity (Wildman–Crippen MR) is 97.5 cm³/mol. The second-order valence-corrected chi connectivity index (χ2v) is 7.14. The largest absolute Gasteiger partial charge is 0.463 e. The third kappa shape index (κ3) is 19.0. The van der Waals surface area contributed by atoms with E-state index in [-0.39, 0.29) is 29.9 Å². The molecule has 0 aliphatic rings. The lowest BCUT2D eigenvalue weighted by Crippen LogP contribution is -2.38. The number of amides is 1. The second-order valence-electron chi connectivity index (χ2n) is 7.14. The Bertz CT molecular complexity index is 367. The van der Waals surface area contributed by atoms with Crippen molar-refractivity contribution in [2.45, 2.75) is 65.5 Å². The second kappa shape index (κ2) is 14.0. The molecule has 0 aromatic rings. The minimum atomic E-state index is -0.260. The molecule has 2 N–H and O–H groups in total. The van der Waals surface area contributed by atoms with E-state index in [0.29, 0.717) is 45.8 Å². The molecule has 0 saturated heterocycles. The van der Waals surface area contributed by atoms with Crippen LogP contribution in [0.15, 0.2) is 0 Å². The van der Waals surface area contributed by atoms with Gasteiger partial charge in [-0.25, -0.2) is 0 Å². The predicted octanol–water partition coefficient (Wildman–Crippen LogP) is 1.65. The molecule has 0 unspecified atom stereocenters. The van der Waals surface area contributed by atoms with Crippen LogP contribution in [-0.2, 0) is 23.8 Å². The van der Waals surface area contributed by atoms with Crippen LogP contribution in [0.1, 0.15) is 53.9 Å². The minimum absolute atomic E-state index is 0.0783. The average Bonchev–Trinajstić information content (AvgIpc) is 2.47. The van der Waals surface area contributed by atoms with Crippen molar-refractivity contribution >= 4 is 11.9 Å². The summed E-state index contributed by atoms with van der Waals surface area (Å²) < 4.78 is 15.8. The molecule has 0 aliphatic heterocycles. The summed E-state index contributed by atoms with van der Waals surface area (Å²) in [5.41, 5.74) is 0.104. The average molecular weight is 360 g/mol. The number of ether oxygens (including phenoxy) is 3. The highest BCUT2D eigenvalue weighted by Gasteiger charge is 2.08. The monoisotopic (exact) mass is 360 g/mol. The van der Waals surface area contributed by atoms with Crippen molar-refractivity contribution in [3.05, 3.63) is 0 Å². The van der Waals surface area contributed by atoms with Crippen molar-refractivity contribution in [2.24, 2.45) is 0 Å². The molecule has 0 bridgehead atoms. The summed E-state index contributed by atoms with van der Waals surface area (Å²) in [6.45, 7) is 13.4. The molecule has 0 rings (SSSR count). The highest BCUT2D eigenvalue weighted by Crippen LogP contribution is 2.00. The van der Waals surface area contributed by atoms with E-state index in [4.69, 9.17) is 14.2 Å². The highest BCUT2D eigenvalue weighted by atomic mass is 16.5. The SMILES string of the molecule is CC(C)OC(=O)CCCC(=O)NCCOCCOCCNC(C)(C)C. The number of rotatable bonds is 14. The maximum absolute atomic E-state index is 11.6. The lowest BCUT2D eigenvalue weighted by atomic mass is 10.1. The zero-order valence-electron chi connectivity index (χ0n) is 16.5. The molecule has 0 saturated carbocycles. The van der Waals surface area contributed by atoms with Gasteiger partial charge in [0.1, 0.15) is 0 Å². The number of carbonyl (C=O) groups is 2. The Kier molecular flexibility index (Phi) is 13.4. The topological polar surface area (TPSA) is 85.9 Å². The normalized spacial score (nSPS) is 11.6. The molecule has 0 aliphatic carbocycles. The van der Waals surface area contributed by atoms with Gasteiger partial charge in [-0.15, -0.1) is 0 Å². The molecule has 148 valence electrons. The first-order chi connectivity index (χ1) is 11.7. The number of hydrogen-bond acceptors (Lipinski definition) is 6. The highest BCUT2D eigenvalue weighted by molar-refractivity contribution is 5.77. The molecule has 0 heterocycles. The molecule has 25 heavy (non-hydrogen) atoms. The van der Waals surface area contributed by atoms with E-state index < -0.39 is 0 Å². The summed E-state index contributed by atoms with van der Waals surface area (Å²) in [5, 5.41) is 6.09. The number of carbonyl (C=O) groups excluding carboxylic acids is 2. The first-order valence-corrected chi connectivity index (χ1v) is 9.07. The Morgan fingerprint density at radius 3 is 2.08 bits per heavy atom. The Morgan fingerprint density at radius 1 is 0.920 bits per heavy atom. The number of nitrogens with one attached hydrogen (secondary N) is 2. The van der Waals surface area contributed by atoms with Crippen LogP contribution in [0.2, 0.25) is 0 Å². The molecule has 7 heteroatoms. The molecule has 1 amide bonds. The van der Waals surface area contributed by atoms with Crippen LogP contribution in [0.5, 0.6) is 0 Å². The van der Waals surface area contributed by atoms with Gasteiger partial charge in [0.05, 0.1) is 32.5 Å². The van der Waals surface area contributed by atoms with Gasteiger partial charge in [0.2, 0.25) is 5.91 Å². The summed E-state index contributed by atoms with van der Waals surface area (Å²) in [6, 6.07) is 0. The quantitative estimate of drug-likeness (QED) is 0.362. The summed E-state index contributed by atoms with van der Waals surface area (Å²) in [4.78, 5) is 22.9. The van der Waals surface area contributed by atoms with E-state index in [1.54, 1.807) is 13.8 Å². The van der Waals surface area contributed by atoms with Crippen molar-refractivity contribution in [1.82, 2.24) is 10.6 Å². The standard InChI is InChI=1S/C18H36N2O5/c1-15(2)25-17(22)8-6-7-16(21)19-9-11-23-13-14-24-12-10-20-18(3,4)5/h15,20H,6-14H2,1-5H3,(H,19,21). The van der Waals surface area contributed by atoms with Crippen LogP contribution in [0.3, 0.4) is 0 Å². The fourth-order valence-corrected chi connectivity index (χ4v) is 1.89. The van der Waals surface area contributed by atoms with Gasteiger partial charge < -0.3 is 24.8 Å². The van der Waals surface area contributed by atoms with Gasteiger partial charge in [-0.3, -0.25) is 9.59 Å². The molecule has 0 atom stereocenters. The van der Waals surface area contributed by atoms with Gasteiger partial charge in [0, 0.05) is 31.5 Å². The minimum Gasteiger partial charge on any atom is -0.463 e. The van der Waals surface area contributed by atoms with Crippen LogP contribution in [0.4, 0.5) is 0 Å². The fraction of sp³-hybridized carbons (Fsp3) is 0.889. The summed E-state index contributed by atoms with van der Waals surface area (Å²) in [6.07, 6.45) is 0.965. The van der Waals surface area contributed by atoms with Crippen molar-refractivity contribution < 1.29 is 23.8 Å². The number of hydrogen-bond donors (Lipinski definition) is 2. The van der Waals surface area contributed by atoms with Crippen LogP contribution >= 0.6 is 0 Å². The first kappa shape index (κ1) is 23.8. The van der Waals surface area contributed by atoms with Crippen molar-refractivity contribution in [2.75, 3.05) is 39.5 Å². The van der Waals surface area contributed by atoms with E-state index in [2.05, 4.69) is 31.4 Å². The third-order valence-electron chi connectivity index (χ3n) is 2.99. The van der Waals surface area contributed by atoms with Crippen molar-refractivity contribution in [1.29, 1.82) is 0 Å². The van der Waals surface area contributed by atoms with Gasteiger partial charge in [-0.1, -0.05) is 0 Å². The van der Waals surface area contributed by atoms with Crippen LogP contribution in [0.25, 0.3) is 0 Å². The molecular weight excluding hydrogens is 324 g/mol. The Morgan fingerprint density at radius 2 is 1.52 bits per heavy atom. The summed E-state index contributed by atoms with van der Waals surface area (Å²) >= 11 is 0. The van der Waals surface area contributed by atoms with Crippen LogP contribution in [-0.4, -0.2) is 63.0 Å². The van der Waals surface area contributed by atoms with Gasteiger partial charge >= 0.3 is 5.97 Å². The smallest absolute Gasteiger partial charge is 0.306 e. The van der Waals surface area contributed by atoms with E-state index in [1.807, 2.05) is 0 Å². The Hall–Kier alpha value is -1.18. The van der Waals surface area contributed by atoms with Gasteiger partial charge in [-0.2, -0.15) is 0 Å². The first-order valence-electron chi connectivity index (χ1n) is 9.07. The zero-order chi connectivity index (χ0) is 19.1. The lowest BCUT2D eigenvalue weighted by Gasteiger charge is -2.20. The van der Waals surface area contributed by atoms with Gasteiger partial charge in [0.15, 0.2) is 0 Å². The molecule has 0 spiro atoms. The summed E-state index contributed by atoms with van der Waals surface area (Å²) in [5.74, 6) is -0.339.